The zero-order chi connectivity index (χ0) is 12.2. The number of hydrogen-bond donors (Lipinski definition) is 2. The molecule has 0 spiro atoms. The van der Waals surface area contributed by atoms with E-state index in [1.165, 1.54) is 7.11 Å². The highest BCUT2D eigenvalue weighted by Crippen LogP contribution is 2.23. The minimum Gasteiger partial charge on any atom is -0.467 e. The van der Waals surface area contributed by atoms with Gasteiger partial charge in [-0.1, -0.05) is 6.92 Å². The average molecular weight is 265 g/mol. The third-order valence-electron chi connectivity index (χ3n) is 3.18. The van der Waals surface area contributed by atoms with Gasteiger partial charge in [0.25, 0.3) is 0 Å². The first-order valence-electron chi connectivity index (χ1n) is 5.69. The molecule has 0 bridgehead atoms. The third-order valence-corrected chi connectivity index (χ3v) is 3.18. The van der Waals surface area contributed by atoms with Crippen molar-refractivity contribution in [3.8, 4) is 0 Å². The number of halogens is 1. The lowest BCUT2D eigenvalue weighted by molar-refractivity contribution is -0.145. The van der Waals surface area contributed by atoms with Gasteiger partial charge in [0.1, 0.15) is 6.04 Å². The summed E-state index contributed by atoms with van der Waals surface area (Å²) in [5.41, 5.74) is -0.498. The first kappa shape index (κ1) is 16.2. The topological polar surface area (TPSA) is 67.4 Å². The number of hydrogen-bond acceptors (Lipinski definition) is 4. The summed E-state index contributed by atoms with van der Waals surface area (Å²) in [5, 5.41) is 5.91. The van der Waals surface area contributed by atoms with Gasteiger partial charge in [0.2, 0.25) is 5.91 Å². The van der Waals surface area contributed by atoms with Gasteiger partial charge < -0.3 is 15.4 Å². The van der Waals surface area contributed by atoms with Crippen molar-refractivity contribution in [2.45, 2.75) is 44.7 Å². The smallest absolute Gasteiger partial charge is 0.328 e. The molecular weight excluding hydrogens is 244 g/mol. The van der Waals surface area contributed by atoms with E-state index in [2.05, 4.69) is 15.4 Å². The maximum Gasteiger partial charge on any atom is 0.328 e. The molecule has 2 unspecified atom stereocenters. The molecule has 1 amide bonds. The Morgan fingerprint density at radius 3 is 2.59 bits per heavy atom. The fourth-order valence-corrected chi connectivity index (χ4v) is 2.03. The molecule has 0 aromatic rings. The van der Waals surface area contributed by atoms with Crippen molar-refractivity contribution in [2.75, 3.05) is 13.7 Å². The molecule has 5 nitrogen and oxygen atoms in total. The molecule has 17 heavy (non-hydrogen) atoms. The van der Waals surface area contributed by atoms with E-state index in [9.17, 15) is 9.59 Å². The summed E-state index contributed by atoms with van der Waals surface area (Å²) in [6.07, 6.45) is 2.55. The highest BCUT2D eigenvalue weighted by Gasteiger charge is 2.40. The molecule has 0 saturated carbocycles. The summed E-state index contributed by atoms with van der Waals surface area (Å²) in [7, 11) is 1.31. The molecule has 0 aliphatic carbocycles. The van der Waals surface area contributed by atoms with Gasteiger partial charge in [-0.15, -0.1) is 12.4 Å². The van der Waals surface area contributed by atoms with Crippen molar-refractivity contribution < 1.29 is 14.3 Å². The van der Waals surface area contributed by atoms with Crippen LogP contribution in [-0.4, -0.2) is 37.1 Å². The largest absolute Gasteiger partial charge is 0.467 e. The fraction of sp³-hybridized carbons (Fsp3) is 0.818. The first-order chi connectivity index (χ1) is 7.55. The molecule has 1 aliphatic heterocycles. The Morgan fingerprint density at radius 2 is 2.18 bits per heavy atom. The van der Waals surface area contributed by atoms with E-state index in [1.54, 1.807) is 6.92 Å². The molecule has 1 heterocycles. The summed E-state index contributed by atoms with van der Waals surface area (Å²) in [6, 6.07) is -0.594. The maximum atomic E-state index is 12.0. The van der Waals surface area contributed by atoms with E-state index >= 15 is 0 Å². The zero-order valence-corrected chi connectivity index (χ0v) is 11.4. The lowest BCUT2D eigenvalue weighted by Gasteiger charge is -2.28. The SMILES string of the molecule is CCC1(C(=O)NC(C)C(=O)OC)CCCN1.Cl. The van der Waals surface area contributed by atoms with Crippen LogP contribution in [0.3, 0.4) is 0 Å². The van der Waals surface area contributed by atoms with E-state index in [0.29, 0.717) is 0 Å². The van der Waals surface area contributed by atoms with E-state index < -0.39 is 17.6 Å². The Hall–Kier alpha value is -0.810. The van der Waals surface area contributed by atoms with E-state index in [1.807, 2.05) is 6.92 Å². The Balaban J connectivity index is 0.00000256. The van der Waals surface area contributed by atoms with Crippen LogP contribution in [0.15, 0.2) is 0 Å². The standard InChI is InChI=1S/C11H20N2O3.ClH/c1-4-11(6-5-7-12-11)10(15)13-8(2)9(14)16-3;/h8,12H,4-7H2,1-3H3,(H,13,15);1H. The average Bonchev–Trinajstić information content (AvgIpc) is 2.77. The van der Waals surface area contributed by atoms with E-state index in [4.69, 9.17) is 0 Å². The van der Waals surface area contributed by atoms with Gasteiger partial charge in [0.15, 0.2) is 0 Å². The molecular formula is C11H21ClN2O3. The molecule has 100 valence electrons. The number of methoxy groups -OCH3 is 1. The quantitative estimate of drug-likeness (QED) is 0.731. The van der Waals surface area contributed by atoms with Gasteiger partial charge in [-0.3, -0.25) is 4.79 Å². The Kier molecular flexibility index (Phi) is 6.49. The van der Waals surface area contributed by atoms with Gasteiger partial charge in [0.05, 0.1) is 12.6 Å². The second kappa shape index (κ2) is 6.81. The van der Waals surface area contributed by atoms with Crippen LogP contribution < -0.4 is 10.6 Å². The van der Waals surface area contributed by atoms with Crippen molar-refractivity contribution in [1.82, 2.24) is 10.6 Å². The fourth-order valence-electron chi connectivity index (χ4n) is 2.03. The molecule has 2 N–H and O–H groups in total. The summed E-state index contributed by atoms with van der Waals surface area (Å²) in [6.45, 7) is 4.45. The Morgan fingerprint density at radius 1 is 1.53 bits per heavy atom. The monoisotopic (exact) mass is 264 g/mol. The number of amides is 1. The third kappa shape index (κ3) is 3.57. The highest BCUT2D eigenvalue weighted by molar-refractivity contribution is 5.90. The maximum absolute atomic E-state index is 12.0. The lowest BCUT2D eigenvalue weighted by atomic mass is 9.93. The van der Waals surface area contributed by atoms with Crippen molar-refractivity contribution in [1.29, 1.82) is 0 Å². The number of carbonyl (C=O) groups excluding carboxylic acids is 2. The first-order valence-corrected chi connectivity index (χ1v) is 5.69. The van der Waals surface area contributed by atoms with Gasteiger partial charge in [0, 0.05) is 0 Å². The highest BCUT2D eigenvalue weighted by atomic mass is 35.5. The number of nitrogens with one attached hydrogen (secondary N) is 2. The van der Waals surface area contributed by atoms with E-state index in [-0.39, 0.29) is 18.3 Å². The summed E-state index contributed by atoms with van der Waals surface area (Å²) < 4.78 is 4.57. The van der Waals surface area contributed by atoms with Crippen LogP contribution in [0.2, 0.25) is 0 Å². The Labute approximate surface area is 108 Å². The van der Waals surface area contributed by atoms with Crippen LogP contribution in [0.1, 0.15) is 33.1 Å². The second-order valence-corrected chi connectivity index (χ2v) is 4.18. The molecule has 0 radical (unpaired) electrons. The minimum absolute atomic E-state index is 0. The molecule has 1 rings (SSSR count). The van der Waals surface area contributed by atoms with Gasteiger partial charge in [-0.2, -0.15) is 0 Å². The van der Waals surface area contributed by atoms with Gasteiger partial charge >= 0.3 is 5.97 Å². The van der Waals surface area contributed by atoms with Crippen LogP contribution in [0, 0.1) is 0 Å². The zero-order valence-electron chi connectivity index (χ0n) is 10.5. The minimum atomic E-state index is -0.594. The van der Waals surface area contributed by atoms with Crippen LogP contribution in [0.5, 0.6) is 0 Å². The predicted molar refractivity (Wildman–Crippen MR) is 67.1 cm³/mol. The number of carbonyl (C=O) groups is 2. The molecule has 2 atom stereocenters. The molecule has 0 aromatic heterocycles. The summed E-state index contributed by atoms with van der Waals surface area (Å²) in [4.78, 5) is 23.2. The number of esters is 1. The van der Waals surface area contributed by atoms with Crippen LogP contribution in [0.4, 0.5) is 0 Å². The van der Waals surface area contributed by atoms with Crippen molar-refractivity contribution in [3.63, 3.8) is 0 Å². The molecule has 1 fully saturated rings. The summed E-state index contributed by atoms with van der Waals surface area (Å²) in [5.74, 6) is -0.525. The van der Waals surface area contributed by atoms with Crippen LogP contribution in [-0.2, 0) is 14.3 Å². The second-order valence-electron chi connectivity index (χ2n) is 4.18. The van der Waals surface area contributed by atoms with Crippen LogP contribution >= 0.6 is 12.4 Å². The van der Waals surface area contributed by atoms with Crippen molar-refractivity contribution >= 4 is 24.3 Å². The lowest BCUT2D eigenvalue weighted by Crippen LogP contribution is -2.56. The van der Waals surface area contributed by atoms with E-state index in [0.717, 1.165) is 25.8 Å². The molecule has 0 aromatic carbocycles. The normalized spacial score (nSPS) is 24.6. The van der Waals surface area contributed by atoms with Gasteiger partial charge in [-0.05, 0) is 32.7 Å². The predicted octanol–water partition coefficient (Wildman–Crippen LogP) is 0.618. The molecule has 1 saturated heterocycles. The van der Waals surface area contributed by atoms with Crippen molar-refractivity contribution in [3.05, 3.63) is 0 Å². The number of ether oxygens (including phenoxy) is 1. The molecule has 1 aliphatic rings. The van der Waals surface area contributed by atoms with Crippen LogP contribution in [0.25, 0.3) is 0 Å². The Bertz CT molecular complexity index is 278. The number of rotatable bonds is 4. The van der Waals surface area contributed by atoms with Crippen molar-refractivity contribution in [2.24, 2.45) is 0 Å². The summed E-state index contributed by atoms with van der Waals surface area (Å²) >= 11 is 0. The van der Waals surface area contributed by atoms with Gasteiger partial charge in [-0.25, -0.2) is 4.79 Å². The molecule has 6 heteroatoms.